The van der Waals surface area contributed by atoms with Gasteiger partial charge in [0.2, 0.25) is 5.95 Å². The van der Waals surface area contributed by atoms with Gasteiger partial charge >= 0.3 is 0 Å². The fraction of sp³-hybridized carbons (Fsp3) is 0.500. The maximum absolute atomic E-state index is 5.77. The summed E-state index contributed by atoms with van der Waals surface area (Å²) >= 11 is 0. The molecule has 2 heterocycles. The van der Waals surface area contributed by atoms with Crippen molar-refractivity contribution < 1.29 is 0 Å². The Labute approximate surface area is 95.7 Å². The van der Waals surface area contributed by atoms with Crippen molar-refractivity contribution in [3.8, 4) is 0 Å². The highest BCUT2D eigenvalue weighted by molar-refractivity contribution is 5.85. The van der Waals surface area contributed by atoms with Crippen LogP contribution in [0.15, 0.2) is 18.5 Å². The third kappa shape index (κ3) is 2.97. The lowest BCUT2D eigenvalue weighted by Crippen LogP contribution is -2.27. The van der Waals surface area contributed by atoms with Gasteiger partial charge in [0, 0.05) is 31.5 Å². The topological polar surface area (TPSA) is 55.0 Å². The van der Waals surface area contributed by atoms with E-state index in [1.54, 1.807) is 12.4 Å². The first-order chi connectivity index (χ1) is 5.86. The molecule has 0 unspecified atom stereocenters. The average molecular weight is 237 g/mol. The van der Waals surface area contributed by atoms with Crippen LogP contribution in [0.25, 0.3) is 0 Å². The van der Waals surface area contributed by atoms with Crippen molar-refractivity contribution >= 4 is 30.8 Å². The van der Waals surface area contributed by atoms with Crippen LogP contribution in [0.5, 0.6) is 0 Å². The van der Waals surface area contributed by atoms with E-state index in [0.29, 0.717) is 0 Å². The van der Waals surface area contributed by atoms with Crippen LogP contribution in [-0.2, 0) is 0 Å². The Morgan fingerprint density at radius 3 is 2.43 bits per heavy atom. The largest absolute Gasteiger partial charge is 0.339 e. The molecule has 80 valence electrons. The van der Waals surface area contributed by atoms with Crippen molar-refractivity contribution in [3.05, 3.63) is 18.5 Å². The molecule has 0 saturated carbocycles. The zero-order valence-corrected chi connectivity index (χ0v) is 9.30. The minimum Gasteiger partial charge on any atom is -0.339 e. The summed E-state index contributed by atoms with van der Waals surface area (Å²) in [5.74, 6) is 0.797. The highest BCUT2D eigenvalue weighted by atomic mass is 35.5. The lowest BCUT2D eigenvalue weighted by Gasteiger charge is -2.14. The maximum Gasteiger partial charge on any atom is 0.225 e. The molecule has 0 amide bonds. The number of anilines is 1. The molecule has 0 radical (unpaired) electrons. The molecule has 1 aliphatic heterocycles. The molecule has 1 aliphatic rings. The van der Waals surface area contributed by atoms with Crippen LogP contribution in [0.2, 0.25) is 0 Å². The molecule has 1 saturated heterocycles. The Bertz CT molecular complexity index is 257. The lowest BCUT2D eigenvalue weighted by atomic mass is 10.3. The molecule has 0 spiro atoms. The number of nitrogens with two attached hydrogens (primary N) is 1. The first kappa shape index (κ1) is 13.4. The Balaban J connectivity index is 0.000000845. The molecular weight excluding hydrogens is 223 g/mol. The van der Waals surface area contributed by atoms with Crippen LogP contribution in [0, 0.1) is 0 Å². The average Bonchev–Trinajstić information content (AvgIpc) is 2.54. The van der Waals surface area contributed by atoms with Gasteiger partial charge in [-0.2, -0.15) is 0 Å². The molecule has 2 rings (SSSR count). The fourth-order valence-corrected chi connectivity index (χ4v) is 1.42. The van der Waals surface area contributed by atoms with Crippen molar-refractivity contribution in [2.75, 3.05) is 18.0 Å². The van der Waals surface area contributed by atoms with Crippen LogP contribution in [0.4, 0.5) is 5.95 Å². The van der Waals surface area contributed by atoms with E-state index in [4.69, 9.17) is 5.73 Å². The van der Waals surface area contributed by atoms with Crippen LogP contribution in [0.1, 0.15) is 6.42 Å². The molecule has 6 heteroatoms. The summed E-state index contributed by atoms with van der Waals surface area (Å²) in [5, 5.41) is 0. The summed E-state index contributed by atoms with van der Waals surface area (Å²) in [6.45, 7) is 1.86. The summed E-state index contributed by atoms with van der Waals surface area (Å²) < 4.78 is 0. The van der Waals surface area contributed by atoms with Gasteiger partial charge in [0.05, 0.1) is 0 Å². The lowest BCUT2D eigenvalue weighted by molar-refractivity contribution is 0.750. The van der Waals surface area contributed by atoms with E-state index in [1.165, 1.54) is 0 Å². The highest BCUT2D eigenvalue weighted by Gasteiger charge is 2.20. The van der Waals surface area contributed by atoms with Gasteiger partial charge in [0.15, 0.2) is 0 Å². The number of halogens is 2. The van der Waals surface area contributed by atoms with Gasteiger partial charge in [-0.3, -0.25) is 0 Å². The standard InChI is InChI=1S/C8H12N4.2ClH/c9-7-2-5-12(6-7)8-10-3-1-4-11-8;;/h1,3-4,7H,2,5-6,9H2;2*1H/t7-;;/m0../s1. The van der Waals surface area contributed by atoms with Gasteiger partial charge in [-0.1, -0.05) is 0 Å². The zero-order chi connectivity index (χ0) is 8.39. The smallest absolute Gasteiger partial charge is 0.225 e. The first-order valence-electron chi connectivity index (χ1n) is 4.14. The van der Waals surface area contributed by atoms with E-state index in [-0.39, 0.29) is 30.9 Å². The summed E-state index contributed by atoms with van der Waals surface area (Å²) in [6, 6.07) is 2.10. The molecule has 2 N–H and O–H groups in total. The number of hydrogen-bond donors (Lipinski definition) is 1. The normalized spacial score (nSPS) is 19.8. The quantitative estimate of drug-likeness (QED) is 0.787. The monoisotopic (exact) mass is 236 g/mol. The fourth-order valence-electron chi connectivity index (χ4n) is 1.42. The molecule has 0 bridgehead atoms. The van der Waals surface area contributed by atoms with Crippen molar-refractivity contribution in [1.29, 1.82) is 0 Å². The van der Waals surface area contributed by atoms with Crippen LogP contribution in [-0.4, -0.2) is 29.1 Å². The number of hydrogen-bond acceptors (Lipinski definition) is 4. The molecule has 0 aliphatic carbocycles. The van der Waals surface area contributed by atoms with Gasteiger partial charge in [-0.05, 0) is 12.5 Å². The molecule has 4 nitrogen and oxygen atoms in total. The molecule has 1 fully saturated rings. The van der Waals surface area contributed by atoms with Crippen LogP contribution < -0.4 is 10.6 Å². The van der Waals surface area contributed by atoms with E-state index < -0.39 is 0 Å². The molecule has 0 aromatic carbocycles. The van der Waals surface area contributed by atoms with E-state index in [1.807, 2.05) is 6.07 Å². The third-order valence-electron chi connectivity index (χ3n) is 2.06. The maximum atomic E-state index is 5.77. The van der Waals surface area contributed by atoms with Gasteiger partial charge < -0.3 is 10.6 Å². The minimum absolute atomic E-state index is 0. The molecule has 1 aromatic rings. The Morgan fingerprint density at radius 2 is 1.93 bits per heavy atom. The SMILES string of the molecule is Cl.Cl.N[C@H]1CCN(c2ncccn2)C1. The van der Waals surface area contributed by atoms with E-state index in [2.05, 4.69) is 14.9 Å². The number of aromatic nitrogens is 2. The highest BCUT2D eigenvalue weighted by Crippen LogP contribution is 2.12. The summed E-state index contributed by atoms with van der Waals surface area (Å²) in [7, 11) is 0. The second-order valence-electron chi connectivity index (χ2n) is 3.04. The first-order valence-corrected chi connectivity index (χ1v) is 4.14. The van der Waals surface area contributed by atoms with Crippen molar-refractivity contribution in [1.82, 2.24) is 9.97 Å². The van der Waals surface area contributed by atoms with Gasteiger partial charge in [-0.15, -0.1) is 24.8 Å². The second-order valence-corrected chi connectivity index (χ2v) is 3.04. The second kappa shape index (κ2) is 6.01. The Morgan fingerprint density at radius 1 is 1.29 bits per heavy atom. The van der Waals surface area contributed by atoms with Crippen molar-refractivity contribution in [2.24, 2.45) is 5.73 Å². The minimum atomic E-state index is 0. The van der Waals surface area contributed by atoms with Gasteiger partial charge in [0.25, 0.3) is 0 Å². The molecule has 1 atom stereocenters. The molecule has 1 aromatic heterocycles. The Kier molecular flexibility index (Phi) is 5.76. The molecular formula is C8H14Cl2N4. The molecule has 14 heavy (non-hydrogen) atoms. The summed E-state index contributed by atoms with van der Waals surface area (Å²) in [5.41, 5.74) is 5.77. The zero-order valence-electron chi connectivity index (χ0n) is 7.67. The van der Waals surface area contributed by atoms with Gasteiger partial charge in [0.1, 0.15) is 0 Å². The van der Waals surface area contributed by atoms with E-state index >= 15 is 0 Å². The third-order valence-corrected chi connectivity index (χ3v) is 2.06. The Hall–Kier alpha value is -0.580. The van der Waals surface area contributed by atoms with Crippen molar-refractivity contribution in [3.63, 3.8) is 0 Å². The van der Waals surface area contributed by atoms with Gasteiger partial charge in [-0.25, -0.2) is 9.97 Å². The summed E-state index contributed by atoms with van der Waals surface area (Å²) in [4.78, 5) is 10.4. The predicted octanol–water partition coefficient (Wildman–Crippen LogP) is 0.858. The number of rotatable bonds is 1. The van der Waals surface area contributed by atoms with Crippen molar-refractivity contribution in [2.45, 2.75) is 12.5 Å². The van der Waals surface area contributed by atoms with Crippen LogP contribution >= 0.6 is 24.8 Å². The van der Waals surface area contributed by atoms with E-state index in [0.717, 1.165) is 25.5 Å². The number of nitrogens with zero attached hydrogens (tertiary/aromatic N) is 3. The summed E-state index contributed by atoms with van der Waals surface area (Å²) in [6.07, 6.45) is 4.55. The van der Waals surface area contributed by atoms with Crippen LogP contribution in [0.3, 0.4) is 0 Å². The van der Waals surface area contributed by atoms with E-state index in [9.17, 15) is 0 Å². The predicted molar refractivity (Wildman–Crippen MR) is 61.3 cm³/mol.